The summed E-state index contributed by atoms with van der Waals surface area (Å²) in [5.74, 6) is -0.842. The molecule has 8 heteroatoms. The second kappa shape index (κ2) is 8.07. The van der Waals surface area contributed by atoms with Gasteiger partial charge < -0.3 is 11.1 Å². The van der Waals surface area contributed by atoms with Crippen molar-refractivity contribution < 1.29 is 9.59 Å². The van der Waals surface area contributed by atoms with E-state index in [1.165, 1.54) is 11.3 Å². The molecule has 144 valence electrons. The first kappa shape index (κ1) is 18.6. The molecule has 2 amide bonds. The lowest BCUT2D eigenvalue weighted by atomic mass is 10.2. The molecule has 4 rings (SSSR count). The van der Waals surface area contributed by atoms with Crippen LogP contribution in [0, 0.1) is 0 Å². The number of thiazole rings is 1. The van der Waals surface area contributed by atoms with Gasteiger partial charge in [0.05, 0.1) is 10.7 Å². The van der Waals surface area contributed by atoms with Crippen LogP contribution in [0.25, 0.3) is 5.69 Å². The number of anilines is 1. The standard InChI is InChI=1S/C21H17N5O2S/c22-20(27)17-10-11-26(25-17)16-8-6-15(7-9-16)23-21(28)18-13-29-19(24-18)12-14-4-2-1-3-5-14/h1-11,13H,12H2,(H2,22,27)(H,23,28). The van der Waals surface area contributed by atoms with Crippen molar-refractivity contribution in [2.45, 2.75) is 6.42 Å². The Balaban J connectivity index is 1.41. The Hall–Kier alpha value is -3.78. The van der Waals surface area contributed by atoms with Crippen LogP contribution in [0.5, 0.6) is 0 Å². The van der Waals surface area contributed by atoms with E-state index in [1.807, 2.05) is 30.3 Å². The SMILES string of the molecule is NC(=O)c1ccn(-c2ccc(NC(=O)c3csc(Cc4ccccc4)n3)cc2)n1. The minimum atomic E-state index is -0.581. The summed E-state index contributed by atoms with van der Waals surface area (Å²) in [7, 11) is 0. The Morgan fingerprint density at radius 3 is 2.45 bits per heavy atom. The molecule has 0 fully saturated rings. The van der Waals surface area contributed by atoms with Gasteiger partial charge in [-0.05, 0) is 35.9 Å². The maximum atomic E-state index is 12.5. The molecule has 0 aliphatic rings. The average Bonchev–Trinajstić information content (AvgIpc) is 3.39. The van der Waals surface area contributed by atoms with Crippen LogP contribution >= 0.6 is 11.3 Å². The molecule has 4 aromatic rings. The minimum Gasteiger partial charge on any atom is -0.364 e. The van der Waals surface area contributed by atoms with Crippen LogP contribution in [0.15, 0.2) is 72.2 Å². The van der Waals surface area contributed by atoms with Crippen molar-refractivity contribution in [3.63, 3.8) is 0 Å². The normalized spacial score (nSPS) is 10.6. The summed E-state index contributed by atoms with van der Waals surface area (Å²) in [6, 6.07) is 18.7. The summed E-state index contributed by atoms with van der Waals surface area (Å²) in [5.41, 5.74) is 8.34. The Labute approximate surface area is 170 Å². The van der Waals surface area contributed by atoms with Gasteiger partial charge >= 0.3 is 0 Å². The lowest BCUT2D eigenvalue weighted by Crippen LogP contribution is -2.13. The smallest absolute Gasteiger partial charge is 0.275 e. The number of aromatic nitrogens is 3. The lowest BCUT2D eigenvalue weighted by Gasteiger charge is -2.05. The minimum absolute atomic E-state index is 0.192. The van der Waals surface area contributed by atoms with Gasteiger partial charge in [0.1, 0.15) is 11.4 Å². The van der Waals surface area contributed by atoms with Crippen LogP contribution in [-0.2, 0) is 6.42 Å². The molecule has 0 bridgehead atoms. The summed E-state index contributed by atoms with van der Waals surface area (Å²) in [6.07, 6.45) is 2.35. The zero-order valence-corrected chi connectivity index (χ0v) is 16.1. The third-order valence-corrected chi connectivity index (χ3v) is 5.06. The van der Waals surface area contributed by atoms with E-state index in [0.29, 0.717) is 17.8 Å². The van der Waals surface area contributed by atoms with Crippen LogP contribution in [0.3, 0.4) is 0 Å². The van der Waals surface area contributed by atoms with E-state index in [-0.39, 0.29) is 11.6 Å². The van der Waals surface area contributed by atoms with Gasteiger partial charge in [-0.25, -0.2) is 9.67 Å². The number of primary amides is 1. The van der Waals surface area contributed by atoms with Crippen LogP contribution in [0.1, 0.15) is 31.5 Å². The van der Waals surface area contributed by atoms with Crippen molar-refractivity contribution in [3.05, 3.63) is 94.2 Å². The average molecular weight is 403 g/mol. The molecule has 0 saturated heterocycles. The van der Waals surface area contributed by atoms with E-state index in [2.05, 4.69) is 15.4 Å². The number of hydrogen-bond acceptors (Lipinski definition) is 5. The number of carbonyl (C=O) groups is 2. The van der Waals surface area contributed by atoms with Gasteiger partial charge in [-0.3, -0.25) is 9.59 Å². The second-order valence-corrected chi connectivity index (χ2v) is 7.24. The number of rotatable bonds is 6. The van der Waals surface area contributed by atoms with E-state index >= 15 is 0 Å². The molecule has 0 aliphatic heterocycles. The summed E-state index contributed by atoms with van der Waals surface area (Å²) >= 11 is 1.47. The maximum absolute atomic E-state index is 12.5. The molecule has 7 nitrogen and oxygen atoms in total. The molecule has 3 N–H and O–H groups in total. The van der Waals surface area contributed by atoms with Crippen molar-refractivity contribution in [2.24, 2.45) is 5.73 Å². The summed E-state index contributed by atoms with van der Waals surface area (Å²) in [5, 5.41) is 9.59. The van der Waals surface area contributed by atoms with Gasteiger partial charge in [0.25, 0.3) is 11.8 Å². The molecule has 2 aromatic heterocycles. The number of nitrogens with one attached hydrogen (secondary N) is 1. The Bertz CT molecular complexity index is 1150. The van der Waals surface area contributed by atoms with E-state index < -0.39 is 5.91 Å². The van der Waals surface area contributed by atoms with Gasteiger partial charge in [-0.15, -0.1) is 11.3 Å². The summed E-state index contributed by atoms with van der Waals surface area (Å²) in [4.78, 5) is 28.1. The highest BCUT2D eigenvalue weighted by molar-refractivity contribution is 7.09. The third kappa shape index (κ3) is 4.39. The lowest BCUT2D eigenvalue weighted by molar-refractivity contribution is 0.0992. The number of amides is 2. The third-order valence-electron chi connectivity index (χ3n) is 4.21. The van der Waals surface area contributed by atoms with Crippen molar-refractivity contribution >= 4 is 28.8 Å². The molecule has 0 aliphatic carbocycles. The van der Waals surface area contributed by atoms with Crippen LogP contribution in [-0.4, -0.2) is 26.6 Å². The summed E-state index contributed by atoms with van der Waals surface area (Å²) in [6.45, 7) is 0. The molecule has 29 heavy (non-hydrogen) atoms. The van der Waals surface area contributed by atoms with Gasteiger partial charge in [0.2, 0.25) is 0 Å². The van der Waals surface area contributed by atoms with E-state index in [1.54, 1.807) is 46.6 Å². The second-order valence-electron chi connectivity index (χ2n) is 6.30. The summed E-state index contributed by atoms with van der Waals surface area (Å²) < 4.78 is 1.54. The van der Waals surface area contributed by atoms with Crippen LogP contribution in [0.2, 0.25) is 0 Å². The number of nitrogens with zero attached hydrogens (tertiary/aromatic N) is 3. The van der Waals surface area contributed by atoms with Gasteiger partial charge in [-0.1, -0.05) is 30.3 Å². The van der Waals surface area contributed by atoms with Gasteiger partial charge in [0.15, 0.2) is 0 Å². The Morgan fingerprint density at radius 1 is 1.00 bits per heavy atom. The molecular weight excluding hydrogens is 386 g/mol. The van der Waals surface area contributed by atoms with Gasteiger partial charge in [0, 0.05) is 23.7 Å². The quantitative estimate of drug-likeness (QED) is 0.516. The highest BCUT2D eigenvalue weighted by atomic mass is 32.1. The van der Waals surface area contributed by atoms with E-state index in [9.17, 15) is 9.59 Å². The molecule has 0 saturated carbocycles. The molecule has 0 spiro atoms. The first-order valence-corrected chi connectivity index (χ1v) is 9.72. The Kier molecular flexibility index (Phi) is 5.17. The topological polar surface area (TPSA) is 103 Å². The predicted molar refractivity (Wildman–Crippen MR) is 111 cm³/mol. The van der Waals surface area contributed by atoms with Crippen molar-refractivity contribution in [1.82, 2.24) is 14.8 Å². The first-order valence-electron chi connectivity index (χ1n) is 8.84. The number of hydrogen-bond donors (Lipinski definition) is 2. The zero-order valence-electron chi connectivity index (χ0n) is 15.3. The molecule has 2 aromatic carbocycles. The number of carbonyl (C=O) groups excluding carboxylic acids is 2. The zero-order chi connectivity index (χ0) is 20.2. The van der Waals surface area contributed by atoms with Crippen molar-refractivity contribution in [3.8, 4) is 5.69 Å². The van der Waals surface area contributed by atoms with Crippen molar-refractivity contribution in [1.29, 1.82) is 0 Å². The van der Waals surface area contributed by atoms with E-state index in [4.69, 9.17) is 5.73 Å². The monoisotopic (exact) mass is 403 g/mol. The molecular formula is C21H17N5O2S. The number of nitrogens with two attached hydrogens (primary N) is 1. The molecule has 0 atom stereocenters. The van der Waals surface area contributed by atoms with Crippen LogP contribution in [0.4, 0.5) is 5.69 Å². The largest absolute Gasteiger partial charge is 0.364 e. The molecule has 2 heterocycles. The predicted octanol–water partition coefficient (Wildman–Crippen LogP) is 3.27. The molecule has 0 unspecified atom stereocenters. The Morgan fingerprint density at radius 2 is 1.76 bits per heavy atom. The maximum Gasteiger partial charge on any atom is 0.275 e. The van der Waals surface area contributed by atoms with Crippen molar-refractivity contribution in [2.75, 3.05) is 5.32 Å². The fourth-order valence-electron chi connectivity index (χ4n) is 2.76. The van der Waals surface area contributed by atoms with Crippen LogP contribution < -0.4 is 11.1 Å². The van der Waals surface area contributed by atoms with E-state index in [0.717, 1.165) is 16.3 Å². The fourth-order valence-corrected chi connectivity index (χ4v) is 3.57. The highest BCUT2D eigenvalue weighted by Gasteiger charge is 2.12. The first-order chi connectivity index (χ1) is 14.1. The van der Waals surface area contributed by atoms with Gasteiger partial charge in [-0.2, -0.15) is 5.10 Å². The molecule has 0 radical (unpaired) electrons. The highest BCUT2D eigenvalue weighted by Crippen LogP contribution is 2.17. The fraction of sp³-hybridized carbons (Fsp3) is 0.0476. The number of benzene rings is 2.